The van der Waals surface area contributed by atoms with Crippen LogP contribution in [0.25, 0.3) is 0 Å². The van der Waals surface area contributed by atoms with E-state index in [-0.39, 0.29) is 22.8 Å². The summed E-state index contributed by atoms with van der Waals surface area (Å²) in [6, 6.07) is 4.53. The van der Waals surface area contributed by atoms with Crippen molar-refractivity contribution in [2.45, 2.75) is 19.3 Å². The molecule has 0 radical (unpaired) electrons. The fourth-order valence-corrected chi connectivity index (χ4v) is 2.07. The van der Waals surface area contributed by atoms with Crippen molar-refractivity contribution in [1.82, 2.24) is 5.32 Å². The summed E-state index contributed by atoms with van der Waals surface area (Å²) in [6.45, 7) is 1.37. The van der Waals surface area contributed by atoms with Crippen LogP contribution >= 0.6 is 0 Å². The number of nitrogens with one attached hydrogen (secondary N) is 1. The molecule has 2 rings (SSSR count). The molecule has 19 heavy (non-hydrogen) atoms. The second-order valence-electron chi connectivity index (χ2n) is 5.20. The van der Waals surface area contributed by atoms with Crippen molar-refractivity contribution in [1.29, 1.82) is 0 Å². The molecule has 1 aromatic carbocycles. The number of carbonyl (C=O) groups is 1. The van der Waals surface area contributed by atoms with Gasteiger partial charge in [0.05, 0.1) is 5.69 Å². The summed E-state index contributed by atoms with van der Waals surface area (Å²) in [4.78, 5) is 12.0. The molecule has 0 atom stereocenters. The van der Waals surface area contributed by atoms with Gasteiger partial charge in [0.15, 0.2) is 0 Å². The number of phenolic OH excluding ortho intramolecular Hbond substituents is 1. The topological polar surface area (TPSA) is 84.6 Å². The summed E-state index contributed by atoms with van der Waals surface area (Å²) in [5, 5.41) is 12.4. The molecule has 1 aromatic rings. The number of methoxy groups -OCH3 is 1. The summed E-state index contributed by atoms with van der Waals surface area (Å²) >= 11 is 0. The van der Waals surface area contributed by atoms with E-state index in [1.807, 2.05) is 0 Å². The molecule has 104 valence electrons. The molecule has 0 heterocycles. The molecule has 0 unspecified atom stereocenters. The van der Waals surface area contributed by atoms with E-state index in [0.717, 1.165) is 25.9 Å². The van der Waals surface area contributed by atoms with Crippen LogP contribution in [0.3, 0.4) is 0 Å². The lowest BCUT2D eigenvalue weighted by Crippen LogP contribution is -2.30. The lowest BCUT2D eigenvalue weighted by molar-refractivity contribution is 0.0937. The Labute approximate surface area is 112 Å². The maximum absolute atomic E-state index is 12.0. The third-order valence-electron chi connectivity index (χ3n) is 3.71. The third-order valence-corrected chi connectivity index (χ3v) is 3.71. The van der Waals surface area contributed by atoms with E-state index in [9.17, 15) is 9.90 Å². The molecule has 0 bridgehead atoms. The maximum Gasteiger partial charge on any atom is 0.251 e. The van der Waals surface area contributed by atoms with E-state index >= 15 is 0 Å². The predicted molar refractivity (Wildman–Crippen MR) is 73.0 cm³/mol. The van der Waals surface area contributed by atoms with Gasteiger partial charge in [-0.1, -0.05) is 0 Å². The Morgan fingerprint density at radius 2 is 2.26 bits per heavy atom. The van der Waals surface area contributed by atoms with Crippen molar-refractivity contribution in [2.75, 3.05) is 26.0 Å². The Balaban J connectivity index is 1.89. The van der Waals surface area contributed by atoms with Gasteiger partial charge in [0.25, 0.3) is 5.91 Å². The summed E-state index contributed by atoms with van der Waals surface area (Å²) in [7, 11) is 1.69. The largest absolute Gasteiger partial charge is 0.506 e. The number of amides is 1. The number of anilines is 1. The summed E-state index contributed by atoms with van der Waals surface area (Å²) in [6.07, 6.45) is 3.23. The minimum atomic E-state index is -0.181. The predicted octanol–water partition coefficient (Wildman–Crippen LogP) is 1.52. The number of phenols is 1. The van der Waals surface area contributed by atoms with Crippen molar-refractivity contribution in [3.05, 3.63) is 23.8 Å². The number of nitrogens with two attached hydrogens (primary N) is 1. The Morgan fingerprint density at radius 1 is 1.53 bits per heavy atom. The smallest absolute Gasteiger partial charge is 0.251 e. The van der Waals surface area contributed by atoms with Gasteiger partial charge in [-0.25, -0.2) is 0 Å². The van der Waals surface area contributed by atoms with Crippen molar-refractivity contribution >= 4 is 11.6 Å². The summed E-state index contributed by atoms with van der Waals surface area (Å²) < 4.78 is 5.08. The fraction of sp³-hybridized carbons (Fsp3) is 0.500. The quantitative estimate of drug-likeness (QED) is 0.537. The lowest BCUT2D eigenvalue weighted by atomic mass is 10.0. The van der Waals surface area contributed by atoms with Crippen LogP contribution in [-0.4, -0.2) is 31.3 Å². The monoisotopic (exact) mass is 264 g/mol. The zero-order valence-electron chi connectivity index (χ0n) is 11.1. The minimum Gasteiger partial charge on any atom is -0.506 e. The second kappa shape index (κ2) is 5.48. The van der Waals surface area contributed by atoms with Crippen LogP contribution < -0.4 is 11.1 Å². The van der Waals surface area contributed by atoms with Crippen LogP contribution in [0.2, 0.25) is 0 Å². The van der Waals surface area contributed by atoms with E-state index in [4.69, 9.17) is 10.5 Å². The van der Waals surface area contributed by atoms with Crippen molar-refractivity contribution in [2.24, 2.45) is 5.41 Å². The van der Waals surface area contributed by atoms with Gasteiger partial charge in [-0.2, -0.15) is 0 Å². The molecular weight excluding hydrogens is 244 g/mol. The van der Waals surface area contributed by atoms with E-state index in [1.165, 1.54) is 12.1 Å². The molecule has 5 nitrogen and oxygen atoms in total. The Hall–Kier alpha value is -1.75. The first-order chi connectivity index (χ1) is 9.06. The van der Waals surface area contributed by atoms with Gasteiger partial charge >= 0.3 is 0 Å². The Morgan fingerprint density at radius 3 is 2.84 bits per heavy atom. The highest BCUT2D eigenvalue weighted by atomic mass is 16.5. The SMILES string of the molecule is COCCC1(CNC(=O)c2ccc(N)c(O)c2)CC1. The molecule has 1 aliphatic carbocycles. The summed E-state index contributed by atoms with van der Waals surface area (Å²) in [5.41, 5.74) is 6.41. The zero-order chi connectivity index (χ0) is 13.9. The molecule has 0 aromatic heterocycles. The van der Waals surface area contributed by atoms with Crippen LogP contribution in [-0.2, 0) is 4.74 Å². The number of aromatic hydroxyl groups is 1. The van der Waals surface area contributed by atoms with Gasteiger partial charge in [-0.05, 0) is 42.9 Å². The van der Waals surface area contributed by atoms with Crippen LogP contribution in [0.15, 0.2) is 18.2 Å². The van der Waals surface area contributed by atoms with Crippen LogP contribution in [0.1, 0.15) is 29.6 Å². The number of nitrogen functional groups attached to an aromatic ring is 1. The lowest BCUT2D eigenvalue weighted by Gasteiger charge is -2.15. The number of carbonyl (C=O) groups excluding carboxylic acids is 1. The van der Waals surface area contributed by atoms with Crippen LogP contribution in [0.4, 0.5) is 5.69 Å². The van der Waals surface area contributed by atoms with E-state index in [0.29, 0.717) is 12.1 Å². The van der Waals surface area contributed by atoms with Crippen molar-refractivity contribution in [3.63, 3.8) is 0 Å². The Kier molecular flexibility index (Phi) is 3.95. The van der Waals surface area contributed by atoms with E-state index in [1.54, 1.807) is 13.2 Å². The molecule has 0 aliphatic heterocycles. The maximum atomic E-state index is 12.0. The molecule has 0 saturated heterocycles. The first-order valence-electron chi connectivity index (χ1n) is 6.42. The average Bonchev–Trinajstić information content (AvgIpc) is 3.17. The first kappa shape index (κ1) is 13.7. The number of benzene rings is 1. The standard InChI is InChI=1S/C14H20N2O3/c1-19-7-6-14(4-5-14)9-16-13(18)10-2-3-11(15)12(17)8-10/h2-3,8,17H,4-7,9,15H2,1H3,(H,16,18). The van der Waals surface area contributed by atoms with Crippen LogP contribution in [0.5, 0.6) is 5.75 Å². The van der Waals surface area contributed by atoms with Gasteiger partial charge < -0.3 is 20.9 Å². The highest BCUT2D eigenvalue weighted by Crippen LogP contribution is 2.48. The average molecular weight is 264 g/mol. The van der Waals surface area contributed by atoms with Gasteiger partial charge in [0.1, 0.15) is 5.75 Å². The number of rotatable bonds is 6. The molecule has 1 fully saturated rings. The third kappa shape index (κ3) is 3.38. The van der Waals surface area contributed by atoms with Crippen LogP contribution in [0, 0.1) is 5.41 Å². The Bertz CT molecular complexity index is 470. The van der Waals surface area contributed by atoms with Crippen molar-refractivity contribution < 1.29 is 14.6 Å². The molecular formula is C14H20N2O3. The molecule has 0 spiro atoms. The molecule has 1 aliphatic rings. The van der Waals surface area contributed by atoms with Gasteiger partial charge in [-0.15, -0.1) is 0 Å². The van der Waals surface area contributed by atoms with Gasteiger partial charge in [-0.3, -0.25) is 4.79 Å². The number of hydrogen-bond acceptors (Lipinski definition) is 4. The zero-order valence-corrected chi connectivity index (χ0v) is 11.1. The normalized spacial score (nSPS) is 16.1. The first-order valence-corrected chi connectivity index (χ1v) is 6.42. The van der Waals surface area contributed by atoms with Gasteiger partial charge in [0, 0.05) is 25.8 Å². The second-order valence-corrected chi connectivity index (χ2v) is 5.20. The molecule has 1 amide bonds. The van der Waals surface area contributed by atoms with Crippen molar-refractivity contribution in [3.8, 4) is 5.75 Å². The van der Waals surface area contributed by atoms with Gasteiger partial charge in [0.2, 0.25) is 0 Å². The number of hydrogen-bond donors (Lipinski definition) is 3. The number of ether oxygens (including phenoxy) is 1. The molecule has 1 saturated carbocycles. The fourth-order valence-electron chi connectivity index (χ4n) is 2.07. The minimum absolute atomic E-state index is 0.0619. The molecule has 4 N–H and O–H groups in total. The highest BCUT2D eigenvalue weighted by Gasteiger charge is 2.42. The highest BCUT2D eigenvalue weighted by molar-refractivity contribution is 5.95. The molecule has 5 heteroatoms. The van der Waals surface area contributed by atoms with E-state index < -0.39 is 0 Å². The summed E-state index contributed by atoms with van der Waals surface area (Å²) in [5.74, 6) is -0.243. The van der Waals surface area contributed by atoms with E-state index in [2.05, 4.69) is 5.32 Å².